The predicted octanol–water partition coefficient (Wildman–Crippen LogP) is 2.82. The van der Waals surface area contributed by atoms with Crippen molar-refractivity contribution in [2.24, 2.45) is 11.5 Å². The zero-order valence-electron chi connectivity index (χ0n) is 13.0. The molecule has 2 aromatic rings. The third-order valence-corrected chi connectivity index (χ3v) is 4.05. The van der Waals surface area contributed by atoms with E-state index in [1.54, 1.807) is 12.1 Å². The van der Waals surface area contributed by atoms with Crippen LogP contribution in [0.1, 0.15) is 33.8 Å². The number of amides is 1. The molecule has 0 bridgehead atoms. The second kappa shape index (κ2) is 8.04. The highest BCUT2D eigenvalue weighted by Crippen LogP contribution is 2.22. The molecule has 24 heavy (non-hydrogen) atoms. The topological polar surface area (TPSA) is 86.2 Å². The average molecular weight is 349 g/mol. The first kappa shape index (κ1) is 18.1. The number of carbonyl (C=O) groups is 2. The lowest BCUT2D eigenvalue weighted by atomic mass is 9.92. The molecule has 0 fully saturated rings. The van der Waals surface area contributed by atoms with Crippen molar-refractivity contribution in [1.29, 1.82) is 0 Å². The van der Waals surface area contributed by atoms with Crippen molar-refractivity contribution in [1.82, 2.24) is 0 Å². The molecule has 2 aromatic carbocycles. The maximum absolute atomic E-state index is 13.7. The summed E-state index contributed by atoms with van der Waals surface area (Å²) in [5.74, 6) is -1.74. The van der Waals surface area contributed by atoms with Crippen LogP contribution < -0.4 is 11.5 Å². The minimum atomic E-state index is -0.837. The molecule has 0 aliphatic heterocycles. The minimum absolute atomic E-state index is 0.0633. The lowest BCUT2D eigenvalue weighted by Gasteiger charge is -2.14. The summed E-state index contributed by atoms with van der Waals surface area (Å²) in [6.07, 6.45) is 0.317. The van der Waals surface area contributed by atoms with Crippen molar-refractivity contribution in [2.75, 3.05) is 6.54 Å². The Balaban J connectivity index is 2.05. The molecule has 0 saturated heterocycles. The van der Waals surface area contributed by atoms with Gasteiger partial charge in [-0.05, 0) is 41.9 Å². The van der Waals surface area contributed by atoms with E-state index in [9.17, 15) is 14.0 Å². The Hall–Kier alpha value is -2.24. The van der Waals surface area contributed by atoms with Crippen LogP contribution in [0, 0.1) is 5.82 Å². The van der Waals surface area contributed by atoms with Crippen molar-refractivity contribution in [3.8, 4) is 0 Å². The fourth-order valence-electron chi connectivity index (χ4n) is 2.52. The number of ketones is 1. The summed E-state index contributed by atoms with van der Waals surface area (Å²) in [5, 5.41) is 0.617. The van der Waals surface area contributed by atoms with Gasteiger partial charge in [0.2, 0.25) is 0 Å². The summed E-state index contributed by atoms with van der Waals surface area (Å²) >= 11 is 5.86. The number of Topliss-reactive ketones (excluding diaryl/α,β-unsaturated/α-hetero) is 1. The van der Waals surface area contributed by atoms with Gasteiger partial charge in [0.25, 0.3) is 5.91 Å². The highest BCUT2D eigenvalue weighted by atomic mass is 35.5. The van der Waals surface area contributed by atoms with Gasteiger partial charge < -0.3 is 11.5 Å². The lowest BCUT2D eigenvalue weighted by Crippen LogP contribution is -2.18. The van der Waals surface area contributed by atoms with Crippen molar-refractivity contribution in [2.45, 2.75) is 18.8 Å². The standard InChI is InChI=1S/C18H18ClFN2O2/c19-14-4-2-12(3-5-14)13(10-21)9-15(23)7-11-1-6-16(18(22)24)17(20)8-11/h1-6,8,13H,7,9-10,21H2,(H2,22,24). The summed E-state index contributed by atoms with van der Waals surface area (Å²) in [7, 11) is 0. The van der Waals surface area contributed by atoms with E-state index < -0.39 is 11.7 Å². The van der Waals surface area contributed by atoms with Gasteiger partial charge in [-0.1, -0.05) is 29.8 Å². The molecule has 4 N–H and O–H groups in total. The van der Waals surface area contributed by atoms with Gasteiger partial charge in [-0.2, -0.15) is 0 Å². The molecular weight excluding hydrogens is 331 g/mol. The molecular formula is C18H18ClFN2O2. The van der Waals surface area contributed by atoms with Crippen LogP contribution in [0.3, 0.4) is 0 Å². The van der Waals surface area contributed by atoms with Crippen LogP contribution >= 0.6 is 11.6 Å². The third kappa shape index (κ3) is 4.63. The summed E-state index contributed by atoms with van der Waals surface area (Å²) < 4.78 is 13.7. The van der Waals surface area contributed by atoms with Gasteiger partial charge in [-0.3, -0.25) is 9.59 Å². The van der Waals surface area contributed by atoms with E-state index in [1.165, 1.54) is 12.1 Å². The second-order valence-corrected chi connectivity index (χ2v) is 6.02. The number of carbonyl (C=O) groups excluding carboxylic acids is 2. The normalized spacial score (nSPS) is 12.0. The van der Waals surface area contributed by atoms with Gasteiger partial charge in [-0.25, -0.2) is 4.39 Å². The Bertz CT molecular complexity index is 747. The highest BCUT2D eigenvalue weighted by molar-refractivity contribution is 6.30. The van der Waals surface area contributed by atoms with E-state index in [2.05, 4.69) is 0 Å². The molecule has 1 unspecified atom stereocenters. The quantitative estimate of drug-likeness (QED) is 0.806. The molecule has 0 spiro atoms. The maximum atomic E-state index is 13.7. The van der Waals surface area contributed by atoms with E-state index in [0.717, 1.165) is 11.6 Å². The van der Waals surface area contributed by atoms with Crippen LogP contribution in [0.4, 0.5) is 4.39 Å². The number of hydrogen-bond donors (Lipinski definition) is 2. The van der Waals surface area contributed by atoms with Crippen LogP contribution in [0.25, 0.3) is 0 Å². The first-order chi connectivity index (χ1) is 11.4. The van der Waals surface area contributed by atoms with E-state index in [4.69, 9.17) is 23.1 Å². The van der Waals surface area contributed by atoms with E-state index >= 15 is 0 Å². The van der Waals surface area contributed by atoms with Gasteiger partial charge in [0.05, 0.1) is 5.56 Å². The van der Waals surface area contributed by atoms with Crippen molar-refractivity contribution >= 4 is 23.3 Å². The highest BCUT2D eigenvalue weighted by Gasteiger charge is 2.16. The van der Waals surface area contributed by atoms with E-state index in [-0.39, 0.29) is 30.1 Å². The van der Waals surface area contributed by atoms with Gasteiger partial charge in [0, 0.05) is 23.8 Å². The number of primary amides is 1. The summed E-state index contributed by atoms with van der Waals surface area (Å²) in [6.45, 7) is 0.322. The fraction of sp³-hybridized carbons (Fsp3) is 0.222. The SMILES string of the molecule is NCC(CC(=O)Cc1ccc(C(N)=O)c(F)c1)c1ccc(Cl)cc1. The monoisotopic (exact) mass is 348 g/mol. The number of hydrogen-bond acceptors (Lipinski definition) is 3. The predicted molar refractivity (Wildman–Crippen MR) is 91.5 cm³/mol. The molecule has 0 aromatic heterocycles. The van der Waals surface area contributed by atoms with Crippen molar-refractivity contribution in [3.05, 3.63) is 70.0 Å². The summed E-state index contributed by atoms with van der Waals surface area (Å²) in [6, 6.07) is 11.2. The Morgan fingerprint density at radius 3 is 2.33 bits per heavy atom. The molecule has 0 saturated carbocycles. The molecule has 0 radical (unpaired) electrons. The smallest absolute Gasteiger partial charge is 0.251 e. The summed E-state index contributed by atoms with van der Waals surface area (Å²) in [5.41, 5.74) is 12.1. The molecule has 2 rings (SSSR count). The van der Waals surface area contributed by atoms with Crippen molar-refractivity contribution in [3.63, 3.8) is 0 Å². The van der Waals surface area contributed by atoms with Gasteiger partial charge in [-0.15, -0.1) is 0 Å². The molecule has 1 atom stereocenters. The van der Waals surface area contributed by atoms with Gasteiger partial charge >= 0.3 is 0 Å². The number of rotatable bonds is 7. The molecule has 1 amide bonds. The molecule has 0 aliphatic carbocycles. The van der Waals surface area contributed by atoms with Crippen molar-refractivity contribution < 1.29 is 14.0 Å². The van der Waals surface area contributed by atoms with Crippen LogP contribution in [0.2, 0.25) is 5.02 Å². The minimum Gasteiger partial charge on any atom is -0.366 e. The van der Waals surface area contributed by atoms with Crippen LogP contribution in [-0.4, -0.2) is 18.2 Å². The fourth-order valence-corrected chi connectivity index (χ4v) is 2.64. The van der Waals surface area contributed by atoms with E-state index in [0.29, 0.717) is 17.1 Å². The Kier molecular flexibility index (Phi) is 6.06. The maximum Gasteiger partial charge on any atom is 0.251 e. The molecule has 6 heteroatoms. The van der Waals surface area contributed by atoms with Crippen LogP contribution in [-0.2, 0) is 11.2 Å². The number of halogens is 2. The molecule has 0 aliphatic rings. The zero-order valence-corrected chi connectivity index (χ0v) is 13.7. The third-order valence-electron chi connectivity index (χ3n) is 3.80. The zero-order chi connectivity index (χ0) is 17.7. The second-order valence-electron chi connectivity index (χ2n) is 5.58. The molecule has 126 valence electrons. The Morgan fingerprint density at radius 1 is 1.12 bits per heavy atom. The molecule has 4 nitrogen and oxygen atoms in total. The Labute approximate surface area is 144 Å². The first-order valence-electron chi connectivity index (χ1n) is 7.46. The largest absolute Gasteiger partial charge is 0.366 e. The number of nitrogens with two attached hydrogens (primary N) is 2. The first-order valence-corrected chi connectivity index (χ1v) is 7.84. The average Bonchev–Trinajstić information content (AvgIpc) is 2.53. The Morgan fingerprint density at radius 2 is 1.79 bits per heavy atom. The van der Waals surface area contributed by atoms with Crippen LogP contribution in [0.15, 0.2) is 42.5 Å². The number of benzene rings is 2. The summed E-state index contributed by atoms with van der Waals surface area (Å²) in [4.78, 5) is 23.3. The van der Waals surface area contributed by atoms with Gasteiger partial charge in [0.15, 0.2) is 0 Å². The van der Waals surface area contributed by atoms with Gasteiger partial charge in [0.1, 0.15) is 11.6 Å². The molecule has 0 heterocycles. The van der Waals surface area contributed by atoms with E-state index in [1.807, 2.05) is 12.1 Å². The van der Waals surface area contributed by atoms with Crippen LogP contribution in [0.5, 0.6) is 0 Å². The lowest BCUT2D eigenvalue weighted by molar-refractivity contribution is -0.118.